The average Bonchev–Trinajstić information content (AvgIpc) is 2.60. The summed E-state index contributed by atoms with van der Waals surface area (Å²) in [4.78, 5) is 11.6. The van der Waals surface area contributed by atoms with Crippen molar-refractivity contribution in [2.24, 2.45) is 11.3 Å². The van der Waals surface area contributed by atoms with Crippen molar-refractivity contribution in [2.75, 3.05) is 6.61 Å². The summed E-state index contributed by atoms with van der Waals surface area (Å²) in [5, 5.41) is 10.7. The highest BCUT2D eigenvalue weighted by Crippen LogP contribution is 2.62. The number of aliphatic hydroxyl groups is 1. The molecule has 17 heavy (non-hydrogen) atoms. The zero-order valence-corrected chi connectivity index (χ0v) is 10.8. The van der Waals surface area contributed by atoms with E-state index < -0.39 is 5.60 Å². The van der Waals surface area contributed by atoms with Crippen LogP contribution in [0.15, 0.2) is 12.2 Å². The van der Waals surface area contributed by atoms with Gasteiger partial charge in [0, 0.05) is 5.41 Å². The summed E-state index contributed by atoms with van der Waals surface area (Å²) in [5.41, 5.74) is 0.195. The third kappa shape index (κ3) is 1.81. The van der Waals surface area contributed by atoms with E-state index in [4.69, 9.17) is 4.74 Å². The van der Waals surface area contributed by atoms with Crippen LogP contribution in [0.25, 0.3) is 0 Å². The van der Waals surface area contributed by atoms with Crippen molar-refractivity contribution in [1.29, 1.82) is 0 Å². The minimum Gasteiger partial charge on any atom is -0.466 e. The number of rotatable bonds is 3. The zero-order chi connectivity index (χ0) is 12.7. The van der Waals surface area contributed by atoms with Crippen molar-refractivity contribution < 1.29 is 14.6 Å². The number of hydrogen-bond acceptors (Lipinski definition) is 3. The first-order chi connectivity index (χ1) is 7.93. The molecule has 0 bridgehead atoms. The Balaban J connectivity index is 2.16. The van der Waals surface area contributed by atoms with Crippen molar-refractivity contribution >= 4 is 5.97 Å². The van der Waals surface area contributed by atoms with Crippen molar-refractivity contribution in [2.45, 2.75) is 51.6 Å². The molecule has 1 N–H and O–H groups in total. The van der Waals surface area contributed by atoms with Crippen LogP contribution in [0, 0.1) is 11.3 Å². The predicted octanol–water partition coefficient (Wildman–Crippen LogP) is 2.44. The van der Waals surface area contributed by atoms with E-state index in [2.05, 4.69) is 13.5 Å². The van der Waals surface area contributed by atoms with Crippen molar-refractivity contribution in [3.63, 3.8) is 0 Å². The largest absolute Gasteiger partial charge is 0.466 e. The molecule has 0 unspecified atom stereocenters. The summed E-state index contributed by atoms with van der Waals surface area (Å²) in [6.45, 7) is 8.38. The molecule has 2 rings (SSSR count). The van der Waals surface area contributed by atoms with Gasteiger partial charge in [-0.1, -0.05) is 19.1 Å². The maximum Gasteiger partial charge on any atom is 0.306 e. The summed E-state index contributed by atoms with van der Waals surface area (Å²) in [6.07, 6.45) is 3.87. The molecule has 0 radical (unpaired) electrons. The summed E-state index contributed by atoms with van der Waals surface area (Å²) in [7, 11) is 0. The van der Waals surface area contributed by atoms with Crippen molar-refractivity contribution in [1.82, 2.24) is 0 Å². The van der Waals surface area contributed by atoms with E-state index in [0.29, 0.717) is 19.4 Å². The smallest absolute Gasteiger partial charge is 0.306 e. The first-order valence-corrected chi connectivity index (χ1v) is 6.48. The van der Waals surface area contributed by atoms with Gasteiger partial charge < -0.3 is 9.84 Å². The van der Waals surface area contributed by atoms with Gasteiger partial charge in [-0.15, -0.1) is 0 Å². The Labute approximate surface area is 103 Å². The standard InChI is InChI=1S/C14H22O3/c1-4-17-12(15)8-11-10(2)9-14(16)7-5-6-13(11,14)3/h11,16H,2,4-9H2,1,3H3/t11-,13+,14+/m0/s1. The highest BCUT2D eigenvalue weighted by Gasteiger charge is 2.60. The Morgan fingerprint density at radius 1 is 1.59 bits per heavy atom. The van der Waals surface area contributed by atoms with E-state index in [-0.39, 0.29) is 17.3 Å². The van der Waals surface area contributed by atoms with Gasteiger partial charge in [0.25, 0.3) is 0 Å². The molecule has 0 aromatic carbocycles. The Kier molecular flexibility index (Phi) is 3.06. The van der Waals surface area contributed by atoms with Gasteiger partial charge in [0.1, 0.15) is 0 Å². The van der Waals surface area contributed by atoms with Gasteiger partial charge in [0.05, 0.1) is 18.6 Å². The molecule has 96 valence electrons. The lowest BCUT2D eigenvalue weighted by atomic mass is 9.71. The lowest BCUT2D eigenvalue weighted by Gasteiger charge is -2.36. The van der Waals surface area contributed by atoms with Gasteiger partial charge in [-0.2, -0.15) is 0 Å². The molecule has 3 atom stereocenters. The number of ether oxygens (including phenoxy) is 1. The maximum absolute atomic E-state index is 11.6. The summed E-state index contributed by atoms with van der Waals surface area (Å²) in [5.74, 6) is -0.0925. The topological polar surface area (TPSA) is 46.5 Å². The second-order valence-electron chi connectivity index (χ2n) is 5.70. The predicted molar refractivity (Wildman–Crippen MR) is 65.4 cm³/mol. The molecule has 2 fully saturated rings. The van der Waals surface area contributed by atoms with Crippen LogP contribution in [0.2, 0.25) is 0 Å². The Morgan fingerprint density at radius 2 is 2.29 bits per heavy atom. The molecule has 0 amide bonds. The van der Waals surface area contributed by atoms with Gasteiger partial charge in [-0.25, -0.2) is 0 Å². The zero-order valence-electron chi connectivity index (χ0n) is 10.8. The minimum absolute atomic E-state index is 0.0778. The number of fused-ring (bicyclic) bond motifs is 1. The van der Waals surface area contributed by atoms with Gasteiger partial charge in [0.2, 0.25) is 0 Å². The van der Waals surface area contributed by atoms with E-state index in [0.717, 1.165) is 24.8 Å². The van der Waals surface area contributed by atoms with Crippen LogP contribution in [0.4, 0.5) is 0 Å². The van der Waals surface area contributed by atoms with Gasteiger partial charge >= 0.3 is 5.97 Å². The molecule has 2 aliphatic rings. The molecule has 0 aromatic rings. The molecule has 2 aliphatic carbocycles. The van der Waals surface area contributed by atoms with E-state index in [1.807, 2.05) is 6.92 Å². The van der Waals surface area contributed by atoms with E-state index in [1.165, 1.54) is 0 Å². The third-order valence-electron chi connectivity index (χ3n) is 4.81. The Hall–Kier alpha value is -0.830. The molecule has 0 aromatic heterocycles. The lowest BCUT2D eigenvalue weighted by Crippen LogP contribution is -2.40. The van der Waals surface area contributed by atoms with Crippen molar-refractivity contribution in [3.8, 4) is 0 Å². The third-order valence-corrected chi connectivity index (χ3v) is 4.81. The van der Waals surface area contributed by atoms with E-state index >= 15 is 0 Å². The molecular weight excluding hydrogens is 216 g/mol. The second kappa shape index (κ2) is 4.13. The fourth-order valence-corrected chi connectivity index (χ4v) is 3.76. The SMILES string of the molecule is C=C1C[C@]2(O)CCC[C@]2(C)[C@H]1CC(=O)OCC. The van der Waals surface area contributed by atoms with Gasteiger partial charge in [-0.05, 0) is 38.5 Å². The molecule has 3 nitrogen and oxygen atoms in total. The monoisotopic (exact) mass is 238 g/mol. The average molecular weight is 238 g/mol. The summed E-state index contributed by atoms with van der Waals surface area (Å²) >= 11 is 0. The number of carbonyl (C=O) groups excluding carboxylic acids is 1. The Morgan fingerprint density at radius 3 is 2.94 bits per heavy atom. The number of esters is 1. The lowest BCUT2D eigenvalue weighted by molar-refractivity contribution is -0.145. The highest BCUT2D eigenvalue weighted by molar-refractivity contribution is 5.70. The summed E-state index contributed by atoms with van der Waals surface area (Å²) in [6, 6.07) is 0. The van der Waals surface area contributed by atoms with Crippen LogP contribution in [0.1, 0.15) is 46.0 Å². The number of carbonyl (C=O) groups is 1. The molecule has 0 saturated heterocycles. The Bertz CT molecular complexity index is 349. The van der Waals surface area contributed by atoms with Crippen LogP contribution in [0.5, 0.6) is 0 Å². The van der Waals surface area contributed by atoms with E-state index in [9.17, 15) is 9.90 Å². The molecule has 2 saturated carbocycles. The molecule has 0 heterocycles. The molecular formula is C14H22O3. The first-order valence-electron chi connectivity index (χ1n) is 6.48. The maximum atomic E-state index is 11.6. The second-order valence-corrected chi connectivity index (χ2v) is 5.70. The van der Waals surface area contributed by atoms with Crippen LogP contribution in [0.3, 0.4) is 0 Å². The molecule has 0 aliphatic heterocycles. The van der Waals surface area contributed by atoms with Crippen LogP contribution >= 0.6 is 0 Å². The first kappa shape index (κ1) is 12.6. The quantitative estimate of drug-likeness (QED) is 0.607. The van der Waals surface area contributed by atoms with Crippen LogP contribution in [-0.2, 0) is 9.53 Å². The highest BCUT2D eigenvalue weighted by atomic mass is 16.5. The van der Waals surface area contributed by atoms with E-state index in [1.54, 1.807) is 0 Å². The van der Waals surface area contributed by atoms with Gasteiger partial charge in [0.15, 0.2) is 0 Å². The van der Waals surface area contributed by atoms with Crippen LogP contribution < -0.4 is 0 Å². The minimum atomic E-state index is -0.638. The summed E-state index contributed by atoms with van der Waals surface area (Å²) < 4.78 is 5.02. The van der Waals surface area contributed by atoms with Crippen molar-refractivity contribution in [3.05, 3.63) is 12.2 Å². The number of hydrogen-bond donors (Lipinski definition) is 1. The van der Waals surface area contributed by atoms with Crippen LogP contribution in [-0.4, -0.2) is 23.3 Å². The molecule has 0 spiro atoms. The van der Waals surface area contributed by atoms with Gasteiger partial charge in [-0.3, -0.25) is 4.79 Å². The normalized spacial score (nSPS) is 40.4. The molecule has 3 heteroatoms. The fraction of sp³-hybridized carbons (Fsp3) is 0.786. The fourth-order valence-electron chi connectivity index (χ4n) is 3.76.